The summed E-state index contributed by atoms with van der Waals surface area (Å²) < 4.78 is 21.4. The first-order valence-electron chi connectivity index (χ1n) is 12.3. The van der Waals surface area contributed by atoms with Crippen molar-refractivity contribution in [3.8, 4) is 17.6 Å². The molecule has 0 radical (unpaired) electrons. The highest BCUT2D eigenvalue weighted by molar-refractivity contribution is 5.85. The zero-order valence-electron chi connectivity index (χ0n) is 20.9. The Morgan fingerprint density at radius 3 is 2.54 bits per heavy atom. The first kappa shape index (κ1) is 24.7. The molecule has 2 aliphatic heterocycles. The van der Waals surface area contributed by atoms with E-state index in [1.54, 1.807) is 6.92 Å². The average Bonchev–Trinajstić information content (AvgIpc) is 3.37. The number of anilines is 1. The molecule has 0 unspecified atom stereocenters. The summed E-state index contributed by atoms with van der Waals surface area (Å²) in [7, 11) is 1.53. The highest BCUT2D eigenvalue weighted by Gasteiger charge is 2.32. The third kappa shape index (κ3) is 5.43. The van der Waals surface area contributed by atoms with Crippen molar-refractivity contribution in [3.63, 3.8) is 0 Å². The smallest absolute Gasteiger partial charge is 0.330 e. The normalized spacial score (nSPS) is 16.8. The van der Waals surface area contributed by atoms with Gasteiger partial charge in [-0.05, 0) is 36.8 Å². The highest BCUT2D eigenvalue weighted by Crippen LogP contribution is 2.33. The Labute approximate surface area is 215 Å². The maximum Gasteiger partial charge on any atom is 0.330 e. The fraction of sp³-hybridized carbons (Fsp3) is 0.407. The van der Waals surface area contributed by atoms with Crippen molar-refractivity contribution in [2.45, 2.75) is 25.5 Å². The molecule has 0 spiro atoms. The quantitative estimate of drug-likeness (QED) is 0.426. The minimum absolute atomic E-state index is 0.242. The number of ether oxygens (including phenoxy) is 4. The lowest BCUT2D eigenvalue weighted by Gasteiger charge is -2.36. The number of carbonyl (C=O) groups is 1. The van der Waals surface area contributed by atoms with Crippen molar-refractivity contribution < 1.29 is 23.7 Å². The number of rotatable bonds is 8. The van der Waals surface area contributed by atoms with Gasteiger partial charge in [-0.2, -0.15) is 5.26 Å². The molecule has 37 heavy (non-hydrogen) atoms. The molecule has 2 atom stereocenters. The van der Waals surface area contributed by atoms with Gasteiger partial charge < -0.3 is 23.8 Å². The van der Waals surface area contributed by atoms with Crippen molar-refractivity contribution in [2.75, 3.05) is 51.6 Å². The van der Waals surface area contributed by atoms with Crippen molar-refractivity contribution in [2.24, 2.45) is 0 Å². The van der Waals surface area contributed by atoms with Crippen LogP contribution in [0.1, 0.15) is 24.1 Å². The number of aromatic nitrogens is 2. The molecule has 1 fully saturated rings. The van der Waals surface area contributed by atoms with Crippen LogP contribution in [0, 0.1) is 11.3 Å². The number of methoxy groups -OCH3 is 1. The number of fused-ring (bicyclic) bond motifs is 2. The largest absolute Gasteiger partial charge is 0.459 e. The van der Waals surface area contributed by atoms with Crippen molar-refractivity contribution in [3.05, 3.63) is 53.7 Å². The Balaban J connectivity index is 1.35. The Kier molecular flexibility index (Phi) is 7.35. The van der Waals surface area contributed by atoms with Crippen molar-refractivity contribution in [1.29, 1.82) is 5.26 Å². The average molecular weight is 504 g/mol. The first-order valence-corrected chi connectivity index (χ1v) is 12.3. The molecular weight excluding hydrogens is 474 g/mol. The topological polar surface area (TPSA) is 110 Å². The Hall–Kier alpha value is -3.94. The van der Waals surface area contributed by atoms with Crippen LogP contribution in [-0.2, 0) is 20.8 Å². The molecule has 0 aliphatic carbocycles. The molecule has 1 saturated heterocycles. The lowest BCUT2D eigenvalue weighted by Crippen LogP contribution is -2.46. The fourth-order valence-corrected chi connectivity index (χ4v) is 4.61. The summed E-state index contributed by atoms with van der Waals surface area (Å²) in [6, 6.07) is 15.6. The van der Waals surface area contributed by atoms with Crippen LogP contribution in [0.3, 0.4) is 0 Å². The molecule has 0 N–H and O–H groups in total. The third-order valence-electron chi connectivity index (χ3n) is 6.45. The highest BCUT2D eigenvalue weighted by atomic mass is 16.7. The van der Waals surface area contributed by atoms with Gasteiger partial charge in [0.05, 0.1) is 23.7 Å². The third-order valence-corrected chi connectivity index (χ3v) is 6.45. The summed E-state index contributed by atoms with van der Waals surface area (Å²) in [5.41, 5.74) is 2.81. The summed E-state index contributed by atoms with van der Waals surface area (Å²) in [5.74, 6) is 0.251. The van der Waals surface area contributed by atoms with Gasteiger partial charge >= 0.3 is 5.97 Å². The Morgan fingerprint density at radius 1 is 1.08 bits per heavy atom. The van der Waals surface area contributed by atoms with Gasteiger partial charge in [0.15, 0.2) is 23.2 Å². The maximum absolute atomic E-state index is 13.0. The van der Waals surface area contributed by atoms with Gasteiger partial charge in [0.25, 0.3) is 0 Å². The molecule has 0 bridgehead atoms. The van der Waals surface area contributed by atoms with E-state index < -0.39 is 18.0 Å². The van der Waals surface area contributed by atoms with Crippen LogP contribution in [0.25, 0.3) is 11.0 Å². The predicted molar refractivity (Wildman–Crippen MR) is 135 cm³/mol. The van der Waals surface area contributed by atoms with E-state index in [1.165, 1.54) is 7.11 Å². The van der Waals surface area contributed by atoms with Crippen LogP contribution >= 0.6 is 0 Å². The number of hydrogen-bond acceptors (Lipinski definition) is 10. The first-order chi connectivity index (χ1) is 18.1. The molecule has 192 valence electrons. The monoisotopic (exact) mass is 503 g/mol. The van der Waals surface area contributed by atoms with Gasteiger partial charge in [-0.3, -0.25) is 9.69 Å². The molecule has 0 saturated carbocycles. The molecule has 10 heteroatoms. The predicted octanol–water partition coefficient (Wildman–Crippen LogP) is 2.87. The summed E-state index contributed by atoms with van der Waals surface area (Å²) in [6.45, 7) is 5.94. The second-order valence-electron chi connectivity index (χ2n) is 9.14. The van der Waals surface area contributed by atoms with E-state index in [0.29, 0.717) is 35.6 Å². The number of carbonyl (C=O) groups excluding carboxylic acids is 1. The van der Waals surface area contributed by atoms with Gasteiger partial charge in [0.1, 0.15) is 11.8 Å². The van der Waals surface area contributed by atoms with E-state index in [0.717, 1.165) is 36.7 Å². The number of esters is 1. The lowest BCUT2D eigenvalue weighted by atomic mass is 10.1. The van der Waals surface area contributed by atoms with E-state index in [9.17, 15) is 10.1 Å². The van der Waals surface area contributed by atoms with Crippen molar-refractivity contribution in [1.82, 2.24) is 14.9 Å². The van der Waals surface area contributed by atoms with Gasteiger partial charge in [0, 0.05) is 39.8 Å². The maximum atomic E-state index is 13.0. The van der Waals surface area contributed by atoms with Crippen molar-refractivity contribution >= 4 is 22.8 Å². The molecular formula is C27H29N5O5. The molecule has 2 aliphatic rings. The fourth-order valence-electron chi connectivity index (χ4n) is 4.61. The van der Waals surface area contributed by atoms with Crippen LogP contribution in [0.2, 0.25) is 0 Å². The number of piperazine rings is 1. The van der Waals surface area contributed by atoms with E-state index >= 15 is 0 Å². The van der Waals surface area contributed by atoms with Crippen LogP contribution in [-0.4, -0.2) is 73.6 Å². The van der Waals surface area contributed by atoms with Crippen LogP contribution in [0.4, 0.5) is 5.82 Å². The van der Waals surface area contributed by atoms with Crippen LogP contribution in [0.5, 0.6) is 11.5 Å². The summed E-state index contributed by atoms with van der Waals surface area (Å²) in [5, 5.41) is 9.96. The summed E-state index contributed by atoms with van der Waals surface area (Å²) in [4.78, 5) is 27.0. The Bertz CT molecular complexity index is 1320. The van der Waals surface area contributed by atoms with Gasteiger partial charge in [-0.1, -0.05) is 18.2 Å². The van der Waals surface area contributed by atoms with Gasteiger partial charge in [-0.25, -0.2) is 9.97 Å². The SMILES string of the molecule is COC[C@@H](C)OC(=O)[C@H](C#N)c1nc2ccccc2nc1N1CCN(Cc2ccc3c(c2)OCO3)CC1. The Morgan fingerprint density at radius 2 is 1.81 bits per heavy atom. The van der Waals surface area contributed by atoms with Crippen LogP contribution < -0.4 is 14.4 Å². The number of benzene rings is 2. The minimum atomic E-state index is -1.20. The molecule has 10 nitrogen and oxygen atoms in total. The zero-order valence-corrected chi connectivity index (χ0v) is 20.9. The number of hydrogen-bond donors (Lipinski definition) is 0. The zero-order chi connectivity index (χ0) is 25.8. The number of para-hydroxylation sites is 2. The van der Waals surface area contributed by atoms with E-state index in [2.05, 4.69) is 21.9 Å². The lowest BCUT2D eigenvalue weighted by molar-refractivity contribution is -0.150. The molecule has 3 heterocycles. The van der Waals surface area contributed by atoms with Gasteiger partial charge in [0.2, 0.25) is 6.79 Å². The van der Waals surface area contributed by atoms with Gasteiger partial charge in [-0.15, -0.1) is 0 Å². The molecule has 3 aromatic rings. The van der Waals surface area contributed by atoms with E-state index in [1.807, 2.05) is 36.4 Å². The summed E-state index contributed by atoms with van der Waals surface area (Å²) in [6.07, 6.45) is -0.482. The second kappa shape index (κ2) is 11.0. The molecule has 5 rings (SSSR count). The summed E-state index contributed by atoms with van der Waals surface area (Å²) >= 11 is 0. The van der Waals surface area contributed by atoms with E-state index in [4.69, 9.17) is 28.9 Å². The molecule has 1 aromatic heterocycles. The molecule has 0 amide bonds. The standard InChI is InChI=1S/C27H29N5O5/c1-18(16-34-2)37-27(33)20(14-28)25-26(30-22-6-4-3-5-21(22)29-25)32-11-9-31(10-12-32)15-19-7-8-23-24(13-19)36-17-35-23/h3-8,13,18,20H,9-12,15-17H2,1-2H3/t18-,20-/m1/s1. The number of nitrogens with zero attached hydrogens (tertiary/aromatic N) is 5. The minimum Gasteiger partial charge on any atom is -0.459 e. The molecule has 2 aromatic carbocycles. The number of nitriles is 1. The van der Waals surface area contributed by atoms with Crippen LogP contribution in [0.15, 0.2) is 42.5 Å². The van der Waals surface area contributed by atoms with E-state index in [-0.39, 0.29) is 13.4 Å². The second-order valence-corrected chi connectivity index (χ2v) is 9.14.